The molecule has 0 N–H and O–H groups in total. The standard InChI is InChI=1S/C29H30N2.Ni/c1-4-7-8-9-10-11-12-15-29(31-28-22-18-26(14-6-3)19-23-28)24-30-27-20-16-25(13-5-2)17-21-27;/h16-24H,4,7-11H2,1-3H3;. The fourth-order valence-corrected chi connectivity index (χ4v) is 2.87. The van der Waals surface area contributed by atoms with Crippen molar-refractivity contribution in [1.82, 2.24) is 0 Å². The quantitative estimate of drug-likeness (QED) is 0.170. The third kappa shape index (κ3) is 10.8. The first-order valence-electron chi connectivity index (χ1n) is 10.9. The van der Waals surface area contributed by atoms with Crippen LogP contribution >= 0.6 is 0 Å². The van der Waals surface area contributed by atoms with E-state index in [9.17, 15) is 0 Å². The molecule has 0 aliphatic carbocycles. The van der Waals surface area contributed by atoms with Crippen LogP contribution in [0.25, 0.3) is 0 Å². The van der Waals surface area contributed by atoms with E-state index in [1.54, 1.807) is 6.21 Å². The maximum atomic E-state index is 4.69. The number of unbranched alkanes of at least 4 members (excludes halogenated alkanes) is 5. The predicted octanol–water partition coefficient (Wildman–Crippen LogP) is 7.27. The van der Waals surface area contributed by atoms with E-state index in [0.717, 1.165) is 35.3 Å². The molecule has 166 valence electrons. The Morgan fingerprint density at radius 2 is 1.34 bits per heavy atom. The first-order valence-corrected chi connectivity index (χ1v) is 10.9. The van der Waals surface area contributed by atoms with E-state index in [0.29, 0.717) is 5.71 Å². The molecule has 3 heteroatoms. The van der Waals surface area contributed by atoms with Crippen molar-refractivity contribution in [3.05, 3.63) is 59.7 Å². The maximum absolute atomic E-state index is 4.69. The molecule has 0 heterocycles. The largest absolute Gasteiger partial charge is 0.254 e. The second-order valence-corrected chi connectivity index (χ2v) is 7.06. The Bertz CT molecular complexity index is 1060. The van der Waals surface area contributed by atoms with Crippen molar-refractivity contribution in [1.29, 1.82) is 0 Å². The van der Waals surface area contributed by atoms with Crippen molar-refractivity contribution in [2.24, 2.45) is 9.98 Å². The Kier molecular flexibility index (Phi) is 14.0. The summed E-state index contributed by atoms with van der Waals surface area (Å²) in [6.07, 6.45) is 8.82. The van der Waals surface area contributed by atoms with Gasteiger partial charge in [0.15, 0.2) is 0 Å². The van der Waals surface area contributed by atoms with Crippen molar-refractivity contribution in [2.45, 2.75) is 59.3 Å². The number of hydrogen-bond acceptors (Lipinski definition) is 2. The third-order valence-electron chi connectivity index (χ3n) is 4.48. The summed E-state index contributed by atoms with van der Waals surface area (Å²) in [6, 6.07) is 15.7. The molecule has 0 aliphatic rings. The zero-order chi connectivity index (χ0) is 22.2. The van der Waals surface area contributed by atoms with Crippen LogP contribution in [-0.4, -0.2) is 11.9 Å². The van der Waals surface area contributed by atoms with Crippen LogP contribution in [0.3, 0.4) is 0 Å². The molecule has 2 aromatic carbocycles. The summed E-state index contributed by atoms with van der Waals surface area (Å²) in [5, 5.41) is 0. The average Bonchev–Trinajstić information content (AvgIpc) is 2.79. The van der Waals surface area contributed by atoms with E-state index in [4.69, 9.17) is 4.99 Å². The molecule has 0 fully saturated rings. The van der Waals surface area contributed by atoms with Crippen molar-refractivity contribution in [3.8, 4) is 35.5 Å². The Morgan fingerprint density at radius 1 is 0.781 bits per heavy atom. The number of hydrogen-bond donors (Lipinski definition) is 0. The van der Waals surface area contributed by atoms with Crippen LogP contribution in [0.1, 0.15) is 70.4 Å². The van der Waals surface area contributed by atoms with E-state index < -0.39 is 0 Å². The van der Waals surface area contributed by atoms with Gasteiger partial charge in [0.25, 0.3) is 0 Å². The Morgan fingerprint density at radius 3 is 1.91 bits per heavy atom. The van der Waals surface area contributed by atoms with Crippen LogP contribution in [0.4, 0.5) is 11.4 Å². The van der Waals surface area contributed by atoms with Gasteiger partial charge < -0.3 is 0 Å². The molecule has 0 atom stereocenters. The average molecular weight is 465 g/mol. The molecule has 0 spiro atoms. The van der Waals surface area contributed by atoms with Crippen LogP contribution in [-0.2, 0) is 16.5 Å². The van der Waals surface area contributed by atoms with Gasteiger partial charge >= 0.3 is 0 Å². The van der Waals surface area contributed by atoms with E-state index >= 15 is 0 Å². The van der Waals surface area contributed by atoms with Crippen molar-refractivity contribution in [3.63, 3.8) is 0 Å². The second kappa shape index (κ2) is 16.6. The summed E-state index contributed by atoms with van der Waals surface area (Å²) < 4.78 is 0. The predicted molar refractivity (Wildman–Crippen MR) is 134 cm³/mol. The van der Waals surface area contributed by atoms with Gasteiger partial charge in [0.05, 0.1) is 17.6 Å². The van der Waals surface area contributed by atoms with Crippen molar-refractivity contribution < 1.29 is 16.5 Å². The van der Waals surface area contributed by atoms with Gasteiger partial charge in [-0.2, -0.15) is 0 Å². The number of aliphatic imine (C=N–C) groups is 2. The van der Waals surface area contributed by atoms with Crippen LogP contribution < -0.4 is 0 Å². The van der Waals surface area contributed by atoms with E-state index in [1.807, 2.05) is 62.4 Å². The summed E-state index contributed by atoms with van der Waals surface area (Å²) in [7, 11) is 0. The van der Waals surface area contributed by atoms with Crippen LogP contribution in [0.5, 0.6) is 0 Å². The van der Waals surface area contributed by atoms with Gasteiger partial charge in [0.1, 0.15) is 5.71 Å². The Balaban J connectivity index is 0.00000512. The molecule has 0 aliphatic heterocycles. The molecule has 0 unspecified atom stereocenters. The first kappa shape index (κ1) is 27.0. The summed E-state index contributed by atoms with van der Waals surface area (Å²) in [5.74, 6) is 18.4. The van der Waals surface area contributed by atoms with Gasteiger partial charge in [0.2, 0.25) is 0 Å². The molecule has 0 saturated carbocycles. The van der Waals surface area contributed by atoms with Gasteiger partial charge in [-0.05, 0) is 74.7 Å². The smallest absolute Gasteiger partial charge is 0.132 e. The minimum absolute atomic E-state index is 0. The number of nitrogens with zero attached hydrogens (tertiary/aromatic N) is 2. The van der Waals surface area contributed by atoms with Gasteiger partial charge in [0, 0.05) is 34.0 Å². The van der Waals surface area contributed by atoms with Crippen molar-refractivity contribution in [2.75, 3.05) is 0 Å². The van der Waals surface area contributed by atoms with Gasteiger partial charge in [-0.25, -0.2) is 4.99 Å². The molecule has 2 nitrogen and oxygen atoms in total. The summed E-state index contributed by atoms with van der Waals surface area (Å²) >= 11 is 0. The summed E-state index contributed by atoms with van der Waals surface area (Å²) in [6.45, 7) is 5.90. The molecule has 0 amide bonds. The van der Waals surface area contributed by atoms with Crippen LogP contribution in [0.2, 0.25) is 0 Å². The fraction of sp³-hybridized carbons (Fsp3) is 0.310. The number of rotatable bonds is 8. The topological polar surface area (TPSA) is 24.7 Å². The Labute approximate surface area is 204 Å². The van der Waals surface area contributed by atoms with Gasteiger partial charge in [-0.3, -0.25) is 4.99 Å². The molecule has 2 rings (SSSR count). The summed E-state index contributed by atoms with van der Waals surface area (Å²) in [5.41, 5.74) is 4.30. The van der Waals surface area contributed by atoms with Crippen LogP contribution in [0.15, 0.2) is 58.5 Å². The fourth-order valence-electron chi connectivity index (χ4n) is 2.87. The van der Waals surface area contributed by atoms with Gasteiger partial charge in [-0.15, -0.1) is 11.8 Å². The maximum Gasteiger partial charge on any atom is 0.132 e. The van der Waals surface area contributed by atoms with E-state index in [-0.39, 0.29) is 16.5 Å². The second-order valence-electron chi connectivity index (χ2n) is 7.06. The monoisotopic (exact) mass is 464 g/mol. The normalized spacial score (nSPS) is 10.2. The molecule has 0 bridgehead atoms. The Hall–Kier alpha value is -3.05. The minimum Gasteiger partial charge on any atom is -0.254 e. The molecular formula is C29H30N2Ni. The van der Waals surface area contributed by atoms with Crippen LogP contribution in [0, 0.1) is 35.5 Å². The SMILES string of the molecule is CC#Cc1ccc(N=CC(C#CCCCCCCC)=Nc2ccc(C#CC)cc2)cc1.[Ni]. The molecule has 0 saturated heterocycles. The molecule has 0 aromatic heterocycles. The van der Waals surface area contributed by atoms with E-state index in [1.165, 1.54) is 25.7 Å². The van der Waals surface area contributed by atoms with E-state index in [2.05, 4.69) is 47.4 Å². The zero-order valence-electron chi connectivity index (χ0n) is 19.1. The molecular weight excluding hydrogens is 435 g/mol. The molecule has 0 radical (unpaired) electrons. The van der Waals surface area contributed by atoms with Gasteiger partial charge in [-0.1, -0.05) is 50.4 Å². The molecule has 32 heavy (non-hydrogen) atoms. The summed E-state index contributed by atoms with van der Waals surface area (Å²) in [4.78, 5) is 9.25. The third-order valence-corrected chi connectivity index (χ3v) is 4.48. The minimum atomic E-state index is 0. The zero-order valence-corrected chi connectivity index (χ0v) is 20.1. The molecule has 2 aromatic rings. The first-order chi connectivity index (χ1) is 15.2. The number of benzene rings is 2. The van der Waals surface area contributed by atoms with Crippen molar-refractivity contribution >= 4 is 23.3 Å².